The molecule has 1 unspecified atom stereocenters. The van der Waals surface area contributed by atoms with Crippen LogP contribution in [0.3, 0.4) is 0 Å². The Morgan fingerprint density at radius 2 is 1.70 bits per heavy atom. The number of allylic oxidation sites excluding steroid dienone is 2. The zero-order valence-corrected chi connectivity index (χ0v) is 12.3. The third-order valence-corrected chi connectivity index (χ3v) is 4.36. The second-order valence-corrected chi connectivity index (χ2v) is 5.84. The molecule has 1 saturated heterocycles. The number of hydrogen-bond donors (Lipinski definition) is 0. The van der Waals surface area contributed by atoms with Crippen LogP contribution in [-0.4, -0.2) is 43.0 Å². The van der Waals surface area contributed by atoms with Gasteiger partial charge in [0.15, 0.2) is 0 Å². The lowest BCUT2D eigenvalue weighted by Gasteiger charge is -2.39. The molecule has 2 nitrogen and oxygen atoms in total. The third kappa shape index (κ3) is 3.02. The summed E-state index contributed by atoms with van der Waals surface area (Å²) in [7, 11) is 2.22. The van der Waals surface area contributed by atoms with Gasteiger partial charge in [-0.1, -0.05) is 48.6 Å². The fourth-order valence-corrected chi connectivity index (χ4v) is 3.17. The number of likely N-dealkylation sites (N-methyl/N-ethyl adjacent to an activating group) is 1. The Kier molecular flexibility index (Phi) is 4.34. The predicted molar refractivity (Wildman–Crippen MR) is 84.7 cm³/mol. The summed E-state index contributed by atoms with van der Waals surface area (Å²) >= 11 is 0. The fourth-order valence-electron chi connectivity index (χ4n) is 3.17. The molecule has 1 fully saturated rings. The van der Waals surface area contributed by atoms with Crippen molar-refractivity contribution in [2.24, 2.45) is 0 Å². The Bertz CT molecular complexity index is 481. The smallest absolute Gasteiger partial charge is 0.0599 e. The largest absolute Gasteiger partial charge is 0.304 e. The second-order valence-electron chi connectivity index (χ2n) is 5.84. The summed E-state index contributed by atoms with van der Waals surface area (Å²) in [5.41, 5.74) is 2.90. The van der Waals surface area contributed by atoms with Gasteiger partial charge in [-0.2, -0.15) is 0 Å². The average molecular weight is 268 g/mol. The van der Waals surface area contributed by atoms with Gasteiger partial charge in [0.25, 0.3) is 0 Å². The first-order chi connectivity index (χ1) is 9.84. The predicted octanol–water partition coefficient (Wildman–Crippen LogP) is 3.25. The number of hydrogen-bond acceptors (Lipinski definition) is 2. The highest BCUT2D eigenvalue weighted by molar-refractivity contribution is 5.36. The molecule has 1 heterocycles. The number of piperazine rings is 1. The van der Waals surface area contributed by atoms with Gasteiger partial charge < -0.3 is 4.90 Å². The molecule has 1 aromatic rings. The molecular weight excluding hydrogens is 244 g/mol. The third-order valence-electron chi connectivity index (χ3n) is 4.36. The summed E-state index contributed by atoms with van der Waals surface area (Å²) in [6.45, 7) is 4.64. The number of benzene rings is 1. The van der Waals surface area contributed by atoms with Gasteiger partial charge >= 0.3 is 0 Å². The zero-order valence-electron chi connectivity index (χ0n) is 12.3. The van der Waals surface area contributed by atoms with Crippen LogP contribution >= 0.6 is 0 Å². The van der Waals surface area contributed by atoms with Crippen LogP contribution in [-0.2, 0) is 0 Å². The van der Waals surface area contributed by atoms with E-state index in [0.29, 0.717) is 6.04 Å². The van der Waals surface area contributed by atoms with Crippen molar-refractivity contribution in [2.75, 3.05) is 33.2 Å². The van der Waals surface area contributed by atoms with Crippen LogP contribution in [0.1, 0.15) is 24.4 Å². The van der Waals surface area contributed by atoms with Crippen molar-refractivity contribution >= 4 is 0 Å². The molecule has 1 aliphatic carbocycles. The van der Waals surface area contributed by atoms with Gasteiger partial charge in [-0.3, -0.25) is 4.90 Å². The van der Waals surface area contributed by atoms with E-state index in [1.165, 1.54) is 37.1 Å². The van der Waals surface area contributed by atoms with Crippen LogP contribution in [0.4, 0.5) is 0 Å². The number of rotatable bonds is 3. The van der Waals surface area contributed by atoms with Crippen molar-refractivity contribution in [1.82, 2.24) is 9.80 Å². The standard InChI is InChI=1S/C18H24N2/c1-19-12-14-20(15-13-19)18(16-8-4-2-5-9-16)17-10-6-3-7-11-17/h2,4-6,8-11,18H,3,7,12-15H2,1H3. The summed E-state index contributed by atoms with van der Waals surface area (Å²) in [4.78, 5) is 5.06. The maximum Gasteiger partial charge on any atom is 0.0599 e. The molecule has 0 radical (unpaired) electrons. The normalized spacial score (nSPS) is 22.6. The van der Waals surface area contributed by atoms with Gasteiger partial charge in [0.2, 0.25) is 0 Å². The lowest BCUT2D eigenvalue weighted by Crippen LogP contribution is -2.46. The van der Waals surface area contributed by atoms with E-state index in [4.69, 9.17) is 0 Å². The van der Waals surface area contributed by atoms with Crippen molar-refractivity contribution < 1.29 is 0 Å². The first-order valence-electron chi connectivity index (χ1n) is 7.69. The summed E-state index contributed by atoms with van der Waals surface area (Å²) in [5, 5.41) is 0. The molecule has 1 atom stereocenters. The van der Waals surface area contributed by atoms with Crippen LogP contribution in [0, 0.1) is 0 Å². The van der Waals surface area contributed by atoms with Crippen molar-refractivity contribution in [3.05, 3.63) is 59.7 Å². The zero-order chi connectivity index (χ0) is 13.8. The molecule has 1 aromatic carbocycles. The molecule has 1 aliphatic heterocycles. The molecule has 0 saturated carbocycles. The summed E-state index contributed by atoms with van der Waals surface area (Å²) in [6, 6.07) is 11.4. The molecule has 20 heavy (non-hydrogen) atoms. The molecule has 3 rings (SSSR count). The Balaban J connectivity index is 1.87. The Morgan fingerprint density at radius 3 is 2.35 bits per heavy atom. The van der Waals surface area contributed by atoms with E-state index in [1.807, 2.05) is 0 Å². The van der Waals surface area contributed by atoms with Crippen molar-refractivity contribution in [2.45, 2.75) is 18.9 Å². The molecule has 0 N–H and O–H groups in total. The van der Waals surface area contributed by atoms with Gasteiger partial charge in [-0.05, 0) is 31.0 Å². The molecule has 0 spiro atoms. The van der Waals surface area contributed by atoms with E-state index in [0.717, 1.165) is 13.1 Å². The second kappa shape index (κ2) is 6.38. The Morgan fingerprint density at radius 1 is 0.950 bits per heavy atom. The minimum Gasteiger partial charge on any atom is -0.304 e. The first kappa shape index (κ1) is 13.6. The topological polar surface area (TPSA) is 6.48 Å². The molecule has 2 aliphatic rings. The highest BCUT2D eigenvalue weighted by Crippen LogP contribution is 2.32. The van der Waals surface area contributed by atoms with Crippen LogP contribution < -0.4 is 0 Å². The molecule has 0 amide bonds. The van der Waals surface area contributed by atoms with Crippen LogP contribution in [0.2, 0.25) is 0 Å². The van der Waals surface area contributed by atoms with E-state index in [1.54, 1.807) is 0 Å². The molecule has 0 bridgehead atoms. The van der Waals surface area contributed by atoms with Crippen LogP contribution in [0.5, 0.6) is 0 Å². The van der Waals surface area contributed by atoms with Gasteiger partial charge in [-0.15, -0.1) is 0 Å². The fraction of sp³-hybridized carbons (Fsp3) is 0.444. The SMILES string of the molecule is CN1CCN(C(C2=CCCC=C2)c2ccccc2)CC1. The maximum atomic E-state index is 2.64. The minimum atomic E-state index is 0.432. The van der Waals surface area contributed by atoms with Gasteiger partial charge in [0.1, 0.15) is 0 Å². The number of nitrogens with zero attached hydrogens (tertiary/aromatic N) is 2. The molecular formula is C18H24N2. The first-order valence-corrected chi connectivity index (χ1v) is 7.69. The lowest BCUT2D eigenvalue weighted by molar-refractivity contribution is 0.126. The van der Waals surface area contributed by atoms with Gasteiger partial charge in [0, 0.05) is 26.2 Å². The monoisotopic (exact) mass is 268 g/mol. The van der Waals surface area contributed by atoms with Crippen molar-refractivity contribution in [3.63, 3.8) is 0 Å². The highest BCUT2D eigenvalue weighted by atomic mass is 15.3. The van der Waals surface area contributed by atoms with E-state index in [2.05, 4.69) is 65.4 Å². The highest BCUT2D eigenvalue weighted by Gasteiger charge is 2.26. The van der Waals surface area contributed by atoms with E-state index < -0.39 is 0 Å². The summed E-state index contributed by atoms with van der Waals surface area (Å²) in [6.07, 6.45) is 9.45. The Labute approximate surface area is 122 Å². The Hall–Kier alpha value is -1.38. The molecule has 106 valence electrons. The van der Waals surface area contributed by atoms with E-state index in [-0.39, 0.29) is 0 Å². The lowest BCUT2D eigenvalue weighted by atomic mass is 9.92. The minimum absolute atomic E-state index is 0.432. The maximum absolute atomic E-state index is 2.64. The molecule has 2 heteroatoms. The van der Waals surface area contributed by atoms with Gasteiger partial charge in [0.05, 0.1) is 6.04 Å². The van der Waals surface area contributed by atoms with Gasteiger partial charge in [-0.25, -0.2) is 0 Å². The van der Waals surface area contributed by atoms with E-state index in [9.17, 15) is 0 Å². The van der Waals surface area contributed by atoms with E-state index >= 15 is 0 Å². The van der Waals surface area contributed by atoms with Crippen LogP contribution in [0.25, 0.3) is 0 Å². The average Bonchev–Trinajstić information content (AvgIpc) is 2.52. The quantitative estimate of drug-likeness (QED) is 0.830. The van der Waals surface area contributed by atoms with Crippen LogP contribution in [0.15, 0.2) is 54.1 Å². The van der Waals surface area contributed by atoms with Crippen molar-refractivity contribution in [3.8, 4) is 0 Å². The summed E-state index contributed by atoms with van der Waals surface area (Å²) < 4.78 is 0. The molecule has 0 aromatic heterocycles. The summed E-state index contributed by atoms with van der Waals surface area (Å²) in [5.74, 6) is 0. The van der Waals surface area contributed by atoms with Crippen molar-refractivity contribution in [1.29, 1.82) is 0 Å².